The normalized spacial score (nSPS) is 10.8. The fraction of sp³-hybridized carbons (Fsp3) is 0. The molecule has 4 aromatic rings. The quantitative estimate of drug-likeness (QED) is 0.569. The van der Waals surface area contributed by atoms with E-state index >= 15 is 0 Å². The van der Waals surface area contributed by atoms with E-state index in [1.807, 2.05) is 59.2 Å². The van der Waals surface area contributed by atoms with Gasteiger partial charge in [0.2, 0.25) is 5.95 Å². The van der Waals surface area contributed by atoms with Gasteiger partial charge in [0.25, 0.3) is 0 Å². The van der Waals surface area contributed by atoms with Crippen molar-refractivity contribution in [2.75, 3.05) is 0 Å². The molecule has 4 rings (SSSR count). The molecular formula is C19H13N3O. The first-order chi connectivity index (χ1) is 11.3. The standard InChI is InChI=1S/C19H13N3O/c23-18-13-17(14-7-2-1-3-8-14)22(19-20-11-6-12-21-19)16-10-5-4-9-15(16)18/h1-13H. The van der Waals surface area contributed by atoms with E-state index in [4.69, 9.17) is 0 Å². The lowest BCUT2D eigenvalue weighted by Crippen LogP contribution is -2.12. The molecule has 0 bridgehead atoms. The van der Waals surface area contributed by atoms with Crippen molar-refractivity contribution in [2.45, 2.75) is 0 Å². The lowest BCUT2D eigenvalue weighted by Gasteiger charge is -2.15. The summed E-state index contributed by atoms with van der Waals surface area (Å²) < 4.78 is 1.92. The van der Waals surface area contributed by atoms with Crippen LogP contribution in [0.25, 0.3) is 28.1 Å². The highest BCUT2D eigenvalue weighted by Gasteiger charge is 2.13. The van der Waals surface area contributed by atoms with Gasteiger partial charge in [0, 0.05) is 23.8 Å². The predicted octanol–water partition coefficient (Wildman–Crippen LogP) is 3.45. The number of benzene rings is 2. The van der Waals surface area contributed by atoms with Crippen molar-refractivity contribution in [1.82, 2.24) is 14.5 Å². The van der Waals surface area contributed by atoms with Crippen LogP contribution in [0.4, 0.5) is 0 Å². The molecule has 0 spiro atoms. The van der Waals surface area contributed by atoms with Gasteiger partial charge in [-0.05, 0) is 23.8 Å². The Morgan fingerprint density at radius 3 is 2.26 bits per heavy atom. The van der Waals surface area contributed by atoms with Crippen LogP contribution in [-0.4, -0.2) is 14.5 Å². The van der Waals surface area contributed by atoms with Crippen LogP contribution in [0.15, 0.2) is 83.9 Å². The third-order valence-corrected chi connectivity index (χ3v) is 3.74. The van der Waals surface area contributed by atoms with Crippen molar-refractivity contribution >= 4 is 10.9 Å². The average molecular weight is 299 g/mol. The van der Waals surface area contributed by atoms with Gasteiger partial charge in [-0.1, -0.05) is 42.5 Å². The van der Waals surface area contributed by atoms with Gasteiger partial charge < -0.3 is 0 Å². The molecule has 0 N–H and O–H groups in total. The molecule has 0 radical (unpaired) electrons. The molecule has 4 heteroatoms. The van der Waals surface area contributed by atoms with Crippen molar-refractivity contribution in [3.63, 3.8) is 0 Å². The summed E-state index contributed by atoms with van der Waals surface area (Å²) in [7, 11) is 0. The molecule has 0 aliphatic heterocycles. The summed E-state index contributed by atoms with van der Waals surface area (Å²) >= 11 is 0. The molecular weight excluding hydrogens is 286 g/mol. The van der Waals surface area contributed by atoms with E-state index < -0.39 is 0 Å². The molecule has 0 aliphatic carbocycles. The first-order valence-corrected chi connectivity index (χ1v) is 7.32. The van der Waals surface area contributed by atoms with Crippen molar-refractivity contribution in [1.29, 1.82) is 0 Å². The number of hydrogen-bond donors (Lipinski definition) is 0. The molecule has 0 atom stereocenters. The Morgan fingerprint density at radius 2 is 1.48 bits per heavy atom. The summed E-state index contributed by atoms with van der Waals surface area (Å²) in [4.78, 5) is 21.2. The van der Waals surface area contributed by atoms with Crippen LogP contribution in [0.1, 0.15) is 0 Å². The molecule has 2 heterocycles. The minimum absolute atomic E-state index is 0.00775. The van der Waals surface area contributed by atoms with E-state index in [0.29, 0.717) is 11.3 Å². The largest absolute Gasteiger partial charge is 0.289 e. The number of nitrogens with zero attached hydrogens (tertiary/aromatic N) is 3. The maximum atomic E-state index is 12.5. The second-order valence-electron chi connectivity index (χ2n) is 5.16. The smallest absolute Gasteiger partial charge is 0.234 e. The molecule has 0 amide bonds. The van der Waals surface area contributed by atoms with Crippen LogP contribution >= 0.6 is 0 Å². The molecule has 0 fully saturated rings. The van der Waals surface area contributed by atoms with E-state index in [1.54, 1.807) is 24.5 Å². The summed E-state index contributed by atoms with van der Waals surface area (Å²) in [5, 5.41) is 0.652. The Morgan fingerprint density at radius 1 is 0.783 bits per heavy atom. The van der Waals surface area contributed by atoms with Crippen molar-refractivity contribution in [2.24, 2.45) is 0 Å². The van der Waals surface area contributed by atoms with Crippen LogP contribution in [0.3, 0.4) is 0 Å². The first kappa shape index (κ1) is 13.4. The van der Waals surface area contributed by atoms with Crippen LogP contribution in [0.2, 0.25) is 0 Å². The van der Waals surface area contributed by atoms with E-state index in [9.17, 15) is 4.79 Å². The van der Waals surface area contributed by atoms with E-state index in [-0.39, 0.29) is 5.43 Å². The number of aromatic nitrogens is 3. The topological polar surface area (TPSA) is 47.8 Å². The van der Waals surface area contributed by atoms with Gasteiger partial charge in [0.05, 0.1) is 11.2 Å². The second-order valence-corrected chi connectivity index (χ2v) is 5.16. The number of pyridine rings is 1. The number of para-hydroxylation sites is 1. The summed E-state index contributed by atoms with van der Waals surface area (Å²) in [6.07, 6.45) is 3.40. The Hall–Kier alpha value is -3.27. The fourth-order valence-corrected chi connectivity index (χ4v) is 2.72. The fourth-order valence-electron chi connectivity index (χ4n) is 2.72. The summed E-state index contributed by atoms with van der Waals surface area (Å²) in [6.45, 7) is 0. The van der Waals surface area contributed by atoms with Crippen LogP contribution in [0, 0.1) is 0 Å². The maximum Gasteiger partial charge on any atom is 0.234 e. The highest BCUT2D eigenvalue weighted by Crippen LogP contribution is 2.24. The molecule has 0 aliphatic rings. The van der Waals surface area contributed by atoms with Gasteiger partial charge in [0.15, 0.2) is 5.43 Å². The van der Waals surface area contributed by atoms with Crippen molar-refractivity contribution in [3.05, 3.63) is 89.3 Å². The summed E-state index contributed by atoms with van der Waals surface area (Å²) in [5.74, 6) is 0.544. The van der Waals surface area contributed by atoms with Gasteiger partial charge in [-0.3, -0.25) is 9.36 Å². The Kier molecular flexibility index (Phi) is 3.20. The SMILES string of the molecule is O=c1cc(-c2ccccc2)n(-c2ncccn2)c2ccccc12. The highest BCUT2D eigenvalue weighted by molar-refractivity contribution is 5.84. The van der Waals surface area contributed by atoms with Crippen molar-refractivity contribution < 1.29 is 0 Å². The van der Waals surface area contributed by atoms with E-state index in [2.05, 4.69) is 9.97 Å². The lowest BCUT2D eigenvalue weighted by atomic mass is 10.1. The zero-order valence-corrected chi connectivity index (χ0v) is 12.3. The Balaban J connectivity index is 2.16. The Labute approximate surface area is 132 Å². The third-order valence-electron chi connectivity index (χ3n) is 3.74. The molecule has 0 saturated heterocycles. The van der Waals surface area contributed by atoms with Gasteiger partial charge in [-0.25, -0.2) is 9.97 Å². The van der Waals surface area contributed by atoms with Gasteiger partial charge in [0.1, 0.15) is 0 Å². The van der Waals surface area contributed by atoms with Crippen LogP contribution in [-0.2, 0) is 0 Å². The molecule has 23 heavy (non-hydrogen) atoms. The number of rotatable bonds is 2. The summed E-state index contributed by atoms with van der Waals surface area (Å²) in [5.41, 5.74) is 2.51. The predicted molar refractivity (Wildman–Crippen MR) is 90.6 cm³/mol. The zero-order chi connectivity index (χ0) is 15.6. The maximum absolute atomic E-state index is 12.5. The molecule has 0 saturated carbocycles. The van der Waals surface area contributed by atoms with E-state index in [0.717, 1.165) is 16.8 Å². The molecule has 2 aromatic heterocycles. The van der Waals surface area contributed by atoms with E-state index in [1.165, 1.54) is 0 Å². The summed E-state index contributed by atoms with van der Waals surface area (Å²) in [6, 6.07) is 20.7. The third kappa shape index (κ3) is 2.30. The highest BCUT2D eigenvalue weighted by atomic mass is 16.1. The van der Waals surface area contributed by atoms with Crippen LogP contribution < -0.4 is 5.43 Å². The van der Waals surface area contributed by atoms with Gasteiger partial charge in [-0.15, -0.1) is 0 Å². The molecule has 4 nitrogen and oxygen atoms in total. The molecule has 0 unspecified atom stereocenters. The number of fused-ring (bicyclic) bond motifs is 1. The average Bonchev–Trinajstić information content (AvgIpc) is 2.63. The lowest BCUT2D eigenvalue weighted by molar-refractivity contribution is 0.957. The minimum atomic E-state index is -0.00775. The van der Waals surface area contributed by atoms with Gasteiger partial charge >= 0.3 is 0 Å². The van der Waals surface area contributed by atoms with Crippen LogP contribution in [0.5, 0.6) is 0 Å². The Bertz CT molecular complexity index is 1020. The first-order valence-electron chi connectivity index (χ1n) is 7.32. The minimum Gasteiger partial charge on any atom is -0.289 e. The zero-order valence-electron chi connectivity index (χ0n) is 12.3. The van der Waals surface area contributed by atoms with Crippen molar-refractivity contribution in [3.8, 4) is 17.2 Å². The monoisotopic (exact) mass is 299 g/mol. The molecule has 2 aromatic carbocycles. The molecule has 110 valence electrons. The van der Waals surface area contributed by atoms with Gasteiger partial charge in [-0.2, -0.15) is 0 Å². The number of hydrogen-bond acceptors (Lipinski definition) is 3. The second kappa shape index (κ2) is 5.50.